The normalized spacial score (nSPS) is 12.7. The minimum atomic E-state index is -3.41. The summed E-state index contributed by atoms with van der Waals surface area (Å²) in [6, 6.07) is 5.33. The summed E-state index contributed by atoms with van der Waals surface area (Å²) >= 11 is 5.87. The van der Waals surface area contributed by atoms with Gasteiger partial charge in [-0.25, -0.2) is 0 Å². The monoisotopic (exact) mass is 364 g/mol. The van der Waals surface area contributed by atoms with Gasteiger partial charge in [-0.3, -0.25) is 9.36 Å². The number of esters is 1. The lowest BCUT2D eigenvalue weighted by molar-refractivity contribution is -0.145. The second kappa shape index (κ2) is 9.28. The van der Waals surface area contributed by atoms with Gasteiger partial charge >= 0.3 is 13.6 Å². The van der Waals surface area contributed by atoms with Crippen LogP contribution in [0.5, 0.6) is 5.75 Å². The van der Waals surface area contributed by atoms with Crippen molar-refractivity contribution >= 4 is 25.2 Å². The number of benzene rings is 1. The van der Waals surface area contributed by atoms with Crippen LogP contribution in [-0.2, 0) is 23.1 Å². The number of rotatable bonds is 9. The number of hydrogen-bond acceptors (Lipinski definition) is 6. The summed E-state index contributed by atoms with van der Waals surface area (Å²) in [4.78, 5) is 11.7. The van der Waals surface area contributed by atoms with Crippen molar-refractivity contribution in [2.75, 3.05) is 20.8 Å². The van der Waals surface area contributed by atoms with Crippen LogP contribution in [0, 0.1) is 6.92 Å². The smallest absolute Gasteiger partial charge is 0.370 e. The summed E-state index contributed by atoms with van der Waals surface area (Å²) in [5.41, 5.74) is 0.926. The molecule has 0 aliphatic carbocycles. The molecule has 0 heterocycles. The van der Waals surface area contributed by atoms with Crippen molar-refractivity contribution in [2.24, 2.45) is 0 Å². The van der Waals surface area contributed by atoms with Crippen LogP contribution in [0.2, 0.25) is 5.02 Å². The molecule has 23 heavy (non-hydrogen) atoms. The molecule has 0 amide bonds. The molecule has 1 atom stereocenters. The fourth-order valence-corrected chi connectivity index (χ4v) is 3.07. The van der Waals surface area contributed by atoms with Crippen molar-refractivity contribution in [3.63, 3.8) is 0 Å². The fourth-order valence-electron chi connectivity index (χ4n) is 1.86. The molecular weight excluding hydrogens is 343 g/mol. The standard InChI is InChI=1S/C15H22ClO6P/c1-11-10-13(16)7-8-14(11)21-9-5-6-15(17)22-12(2)23(18,19-3)20-4/h7-8,10,12H,5-6,9H2,1-4H3. The molecule has 8 heteroatoms. The topological polar surface area (TPSA) is 71.1 Å². The van der Waals surface area contributed by atoms with Crippen LogP contribution in [0.3, 0.4) is 0 Å². The second-order valence-electron chi connectivity index (χ2n) is 4.86. The molecule has 1 aromatic carbocycles. The first-order chi connectivity index (χ1) is 10.8. The fraction of sp³-hybridized carbons (Fsp3) is 0.533. The third kappa shape index (κ3) is 6.15. The minimum Gasteiger partial charge on any atom is -0.493 e. The van der Waals surface area contributed by atoms with E-state index in [4.69, 9.17) is 30.1 Å². The Bertz CT molecular complexity index is 569. The molecule has 0 fully saturated rings. The third-order valence-electron chi connectivity index (χ3n) is 3.18. The first-order valence-electron chi connectivity index (χ1n) is 7.12. The molecule has 0 N–H and O–H groups in total. The Morgan fingerprint density at radius 1 is 1.30 bits per heavy atom. The van der Waals surface area contributed by atoms with Gasteiger partial charge in [0.05, 0.1) is 6.61 Å². The molecule has 0 aliphatic rings. The van der Waals surface area contributed by atoms with Crippen molar-refractivity contribution in [1.82, 2.24) is 0 Å². The SMILES string of the molecule is COP(=O)(OC)C(C)OC(=O)CCCOc1ccc(Cl)cc1C. The number of ether oxygens (including phenoxy) is 2. The van der Waals surface area contributed by atoms with Crippen LogP contribution in [0.1, 0.15) is 25.3 Å². The number of hydrogen-bond donors (Lipinski definition) is 0. The van der Waals surface area contributed by atoms with Crippen LogP contribution in [-0.4, -0.2) is 32.6 Å². The van der Waals surface area contributed by atoms with E-state index in [1.807, 2.05) is 6.92 Å². The summed E-state index contributed by atoms with van der Waals surface area (Å²) in [7, 11) is -0.917. The van der Waals surface area contributed by atoms with Gasteiger partial charge in [0.25, 0.3) is 0 Å². The van der Waals surface area contributed by atoms with E-state index >= 15 is 0 Å². The highest BCUT2D eigenvalue weighted by Crippen LogP contribution is 2.51. The lowest BCUT2D eigenvalue weighted by atomic mass is 10.2. The number of halogens is 1. The van der Waals surface area contributed by atoms with E-state index in [1.165, 1.54) is 21.1 Å². The average Bonchev–Trinajstić information content (AvgIpc) is 2.52. The van der Waals surface area contributed by atoms with Gasteiger partial charge in [0.2, 0.25) is 0 Å². The predicted molar refractivity (Wildman–Crippen MR) is 88.1 cm³/mol. The average molecular weight is 365 g/mol. The van der Waals surface area contributed by atoms with Crippen molar-refractivity contribution in [3.8, 4) is 5.75 Å². The zero-order chi connectivity index (χ0) is 17.5. The molecular formula is C15H22ClO6P. The molecule has 0 spiro atoms. The van der Waals surface area contributed by atoms with Crippen molar-refractivity contribution in [1.29, 1.82) is 0 Å². The van der Waals surface area contributed by atoms with Gasteiger partial charge in [-0.05, 0) is 44.0 Å². The van der Waals surface area contributed by atoms with E-state index in [9.17, 15) is 9.36 Å². The van der Waals surface area contributed by atoms with Gasteiger partial charge in [-0.1, -0.05) is 11.6 Å². The van der Waals surface area contributed by atoms with E-state index in [1.54, 1.807) is 18.2 Å². The molecule has 0 saturated heterocycles. The van der Waals surface area contributed by atoms with Gasteiger partial charge < -0.3 is 18.5 Å². The van der Waals surface area contributed by atoms with E-state index in [0.29, 0.717) is 18.1 Å². The Morgan fingerprint density at radius 2 is 1.96 bits per heavy atom. The van der Waals surface area contributed by atoms with Crippen LogP contribution in [0.4, 0.5) is 0 Å². The van der Waals surface area contributed by atoms with E-state index in [0.717, 1.165) is 11.3 Å². The molecule has 0 bridgehead atoms. The Kier molecular flexibility index (Phi) is 8.06. The maximum absolute atomic E-state index is 12.0. The zero-order valence-electron chi connectivity index (χ0n) is 13.7. The van der Waals surface area contributed by atoms with Crippen molar-refractivity contribution in [3.05, 3.63) is 28.8 Å². The summed E-state index contributed by atoms with van der Waals surface area (Å²) in [5.74, 6) is -0.716. The van der Waals surface area contributed by atoms with Crippen molar-refractivity contribution < 1.29 is 27.9 Å². The lowest BCUT2D eigenvalue weighted by Gasteiger charge is -2.20. The summed E-state index contributed by atoms with van der Waals surface area (Å²) in [6.07, 6.45) is 0.613. The zero-order valence-corrected chi connectivity index (χ0v) is 15.4. The van der Waals surface area contributed by atoms with Gasteiger partial charge in [-0.15, -0.1) is 0 Å². The Balaban J connectivity index is 2.35. The molecule has 0 aromatic heterocycles. The first-order valence-corrected chi connectivity index (χ1v) is 9.11. The molecule has 1 aromatic rings. The van der Waals surface area contributed by atoms with Crippen molar-refractivity contribution in [2.45, 2.75) is 32.5 Å². The van der Waals surface area contributed by atoms with Gasteiger partial charge in [0.15, 0.2) is 5.85 Å². The van der Waals surface area contributed by atoms with E-state index in [2.05, 4.69) is 0 Å². The quantitative estimate of drug-likeness (QED) is 0.372. The number of carbonyl (C=O) groups excluding carboxylic acids is 1. The molecule has 0 aliphatic heterocycles. The molecule has 0 radical (unpaired) electrons. The highest BCUT2D eigenvalue weighted by Gasteiger charge is 2.33. The summed E-state index contributed by atoms with van der Waals surface area (Å²) in [6.45, 7) is 3.72. The number of carbonyl (C=O) groups is 1. The molecule has 130 valence electrons. The number of aryl methyl sites for hydroxylation is 1. The summed E-state index contributed by atoms with van der Waals surface area (Å²) < 4.78 is 32.2. The highest BCUT2D eigenvalue weighted by molar-refractivity contribution is 7.54. The molecule has 1 unspecified atom stereocenters. The van der Waals surface area contributed by atoms with Crippen LogP contribution in [0.15, 0.2) is 18.2 Å². The summed E-state index contributed by atoms with van der Waals surface area (Å²) in [5, 5.41) is 0.646. The van der Waals surface area contributed by atoms with Crippen LogP contribution in [0.25, 0.3) is 0 Å². The Labute approximate surface area is 141 Å². The highest BCUT2D eigenvalue weighted by atomic mass is 35.5. The van der Waals surface area contributed by atoms with E-state index in [-0.39, 0.29) is 6.42 Å². The Morgan fingerprint density at radius 3 is 2.52 bits per heavy atom. The second-order valence-corrected chi connectivity index (χ2v) is 7.83. The van der Waals surface area contributed by atoms with Crippen LogP contribution >= 0.6 is 19.2 Å². The van der Waals surface area contributed by atoms with Gasteiger partial charge in [-0.2, -0.15) is 0 Å². The van der Waals surface area contributed by atoms with Crippen LogP contribution < -0.4 is 4.74 Å². The first kappa shape index (κ1) is 20.0. The van der Waals surface area contributed by atoms with E-state index < -0.39 is 19.4 Å². The van der Waals surface area contributed by atoms with Gasteiger partial charge in [0.1, 0.15) is 5.75 Å². The third-order valence-corrected chi connectivity index (χ3v) is 5.43. The molecule has 0 saturated carbocycles. The largest absolute Gasteiger partial charge is 0.493 e. The maximum atomic E-state index is 12.0. The lowest BCUT2D eigenvalue weighted by Crippen LogP contribution is -2.17. The maximum Gasteiger partial charge on any atom is 0.370 e. The minimum absolute atomic E-state index is 0.143. The predicted octanol–water partition coefficient (Wildman–Crippen LogP) is 4.18. The Hall–Kier alpha value is -1.07. The molecule has 6 nitrogen and oxygen atoms in total. The van der Waals surface area contributed by atoms with Gasteiger partial charge in [0, 0.05) is 25.7 Å². The molecule has 1 rings (SSSR count).